The number of sulfonamides is 2. The Morgan fingerprint density at radius 2 is 1.74 bits per heavy atom. The molecule has 1 aliphatic heterocycles. The number of ether oxygens (including phenoxy) is 1. The topological polar surface area (TPSA) is 116 Å². The van der Waals surface area contributed by atoms with Crippen LogP contribution in [0.25, 0.3) is 0 Å². The third-order valence-corrected chi connectivity index (χ3v) is 6.40. The number of anilines is 1. The molecule has 3 N–H and O–H groups in total. The van der Waals surface area contributed by atoms with Crippen molar-refractivity contribution >= 4 is 25.7 Å². The van der Waals surface area contributed by atoms with E-state index in [9.17, 15) is 16.8 Å². The number of primary sulfonamides is 1. The van der Waals surface area contributed by atoms with Gasteiger partial charge in [0, 0.05) is 6.42 Å². The van der Waals surface area contributed by atoms with E-state index in [0.29, 0.717) is 0 Å². The van der Waals surface area contributed by atoms with Gasteiger partial charge in [0.15, 0.2) is 0 Å². The minimum Gasteiger partial charge on any atom is -0.493 e. The predicted octanol–water partition coefficient (Wildman–Crippen LogP) is 2.29. The Hall–Kier alpha value is -2.36. The zero-order valence-electron chi connectivity index (χ0n) is 14.4. The summed E-state index contributed by atoms with van der Waals surface area (Å²) in [6.45, 7) is 0. The van der Waals surface area contributed by atoms with Crippen LogP contribution in [0.4, 0.5) is 5.69 Å². The highest BCUT2D eigenvalue weighted by atomic mass is 32.2. The van der Waals surface area contributed by atoms with Gasteiger partial charge >= 0.3 is 0 Å². The van der Waals surface area contributed by atoms with Gasteiger partial charge in [-0.25, -0.2) is 22.0 Å². The molecule has 0 spiro atoms. The SMILES string of the molecule is NS(=O)(=O)c1ccccc1NS(=O)(=O)CCc1ccc(C2CC=CO2)cc1. The largest absolute Gasteiger partial charge is 0.493 e. The summed E-state index contributed by atoms with van der Waals surface area (Å²) in [7, 11) is -7.78. The molecule has 1 atom stereocenters. The van der Waals surface area contributed by atoms with Crippen LogP contribution in [0.2, 0.25) is 0 Å². The summed E-state index contributed by atoms with van der Waals surface area (Å²) in [6.07, 6.45) is 4.75. The van der Waals surface area contributed by atoms with Gasteiger partial charge in [-0.05, 0) is 35.8 Å². The molecule has 1 heterocycles. The monoisotopic (exact) mass is 408 g/mol. The van der Waals surface area contributed by atoms with Gasteiger partial charge in [0.05, 0.1) is 17.7 Å². The summed E-state index contributed by atoms with van der Waals surface area (Å²) < 4.78 is 55.6. The maximum absolute atomic E-state index is 12.4. The molecule has 27 heavy (non-hydrogen) atoms. The van der Waals surface area contributed by atoms with E-state index in [4.69, 9.17) is 9.88 Å². The third-order valence-electron chi connectivity index (χ3n) is 4.16. The van der Waals surface area contributed by atoms with Gasteiger partial charge in [-0.1, -0.05) is 36.4 Å². The van der Waals surface area contributed by atoms with E-state index >= 15 is 0 Å². The summed E-state index contributed by atoms with van der Waals surface area (Å²) in [6, 6.07) is 13.2. The Kier molecular flexibility index (Phi) is 5.54. The van der Waals surface area contributed by atoms with Crippen molar-refractivity contribution in [3.05, 3.63) is 72.0 Å². The average molecular weight is 409 g/mol. The summed E-state index contributed by atoms with van der Waals surface area (Å²) in [5.74, 6) is -0.188. The van der Waals surface area contributed by atoms with Crippen molar-refractivity contribution in [1.82, 2.24) is 0 Å². The van der Waals surface area contributed by atoms with E-state index in [1.165, 1.54) is 24.3 Å². The first-order valence-electron chi connectivity index (χ1n) is 8.26. The zero-order chi connectivity index (χ0) is 19.5. The summed E-state index contributed by atoms with van der Waals surface area (Å²) >= 11 is 0. The van der Waals surface area contributed by atoms with Crippen molar-refractivity contribution in [1.29, 1.82) is 0 Å². The molecule has 3 rings (SSSR count). The average Bonchev–Trinajstić information content (AvgIpc) is 3.14. The summed E-state index contributed by atoms with van der Waals surface area (Å²) in [5.41, 5.74) is 1.84. The molecule has 144 valence electrons. The molecule has 2 aromatic rings. The Labute approximate surface area is 159 Å². The molecule has 1 aliphatic rings. The van der Waals surface area contributed by atoms with Crippen molar-refractivity contribution in [2.45, 2.75) is 23.8 Å². The maximum Gasteiger partial charge on any atom is 0.240 e. The van der Waals surface area contributed by atoms with Gasteiger partial charge in [-0.3, -0.25) is 4.72 Å². The van der Waals surface area contributed by atoms with E-state index in [0.717, 1.165) is 17.5 Å². The van der Waals surface area contributed by atoms with Gasteiger partial charge in [-0.2, -0.15) is 0 Å². The Morgan fingerprint density at radius 1 is 1.04 bits per heavy atom. The van der Waals surface area contributed by atoms with E-state index in [1.807, 2.05) is 30.3 Å². The third kappa shape index (κ3) is 5.09. The van der Waals surface area contributed by atoms with Crippen LogP contribution in [0.5, 0.6) is 0 Å². The molecule has 2 aromatic carbocycles. The summed E-state index contributed by atoms with van der Waals surface area (Å²) in [5, 5.41) is 5.13. The number of nitrogens with two attached hydrogens (primary N) is 1. The molecule has 9 heteroatoms. The number of para-hydroxylation sites is 1. The molecular weight excluding hydrogens is 388 g/mol. The molecule has 0 amide bonds. The summed E-state index contributed by atoms with van der Waals surface area (Å²) in [4.78, 5) is -0.261. The van der Waals surface area contributed by atoms with Gasteiger partial charge in [0.25, 0.3) is 0 Å². The number of benzene rings is 2. The maximum atomic E-state index is 12.4. The van der Waals surface area contributed by atoms with Crippen molar-refractivity contribution in [3.63, 3.8) is 0 Å². The van der Waals surface area contributed by atoms with Crippen LogP contribution in [-0.2, 0) is 31.2 Å². The van der Waals surface area contributed by atoms with Gasteiger partial charge in [0.2, 0.25) is 20.0 Å². The number of aryl methyl sites for hydroxylation is 1. The molecule has 1 unspecified atom stereocenters. The molecule has 0 saturated carbocycles. The lowest BCUT2D eigenvalue weighted by Gasteiger charge is -2.12. The van der Waals surface area contributed by atoms with Gasteiger partial charge in [-0.15, -0.1) is 0 Å². The highest BCUT2D eigenvalue weighted by molar-refractivity contribution is 7.93. The second-order valence-corrected chi connectivity index (χ2v) is 9.56. The van der Waals surface area contributed by atoms with Gasteiger partial charge < -0.3 is 4.74 Å². The molecule has 7 nitrogen and oxygen atoms in total. The highest BCUT2D eigenvalue weighted by Gasteiger charge is 2.18. The predicted molar refractivity (Wildman–Crippen MR) is 103 cm³/mol. The van der Waals surface area contributed by atoms with Crippen LogP contribution < -0.4 is 9.86 Å². The standard InChI is InChI=1S/C18H20N2O5S2/c19-27(23,24)18-6-2-1-4-16(18)20-26(21,22)13-11-14-7-9-15(10-8-14)17-5-3-12-25-17/h1-4,6-10,12,17,20H,5,11,13H2,(H2,19,23,24). The van der Waals surface area contributed by atoms with Crippen LogP contribution >= 0.6 is 0 Å². The second kappa shape index (κ2) is 7.71. The first-order valence-corrected chi connectivity index (χ1v) is 11.5. The fourth-order valence-electron chi connectivity index (χ4n) is 2.77. The Morgan fingerprint density at radius 3 is 2.37 bits per heavy atom. The lowest BCUT2D eigenvalue weighted by Crippen LogP contribution is -2.21. The lowest BCUT2D eigenvalue weighted by atomic mass is 10.0. The second-order valence-electron chi connectivity index (χ2n) is 6.19. The zero-order valence-corrected chi connectivity index (χ0v) is 16.0. The fourth-order valence-corrected chi connectivity index (χ4v) is 4.65. The highest BCUT2D eigenvalue weighted by Crippen LogP contribution is 2.27. The fraction of sp³-hybridized carbons (Fsp3) is 0.222. The number of nitrogens with one attached hydrogen (secondary N) is 1. The van der Waals surface area contributed by atoms with Crippen LogP contribution in [0, 0.1) is 0 Å². The molecule has 0 aliphatic carbocycles. The minimum absolute atomic E-state index is 0.0131. The Balaban J connectivity index is 1.65. The first kappa shape index (κ1) is 19.4. The quantitative estimate of drug-likeness (QED) is 0.729. The van der Waals surface area contributed by atoms with Crippen molar-refractivity contribution in [2.24, 2.45) is 5.14 Å². The molecule has 0 saturated heterocycles. The van der Waals surface area contributed by atoms with Crippen LogP contribution in [-0.4, -0.2) is 22.6 Å². The molecule has 0 radical (unpaired) electrons. The smallest absolute Gasteiger partial charge is 0.240 e. The lowest BCUT2D eigenvalue weighted by molar-refractivity contribution is 0.173. The van der Waals surface area contributed by atoms with Crippen LogP contribution in [0.3, 0.4) is 0 Å². The van der Waals surface area contributed by atoms with E-state index in [2.05, 4.69) is 4.72 Å². The van der Waals surface area contributed by atoms with Crippen LogP contribution in [0.15, 0.2) is 65.8 Å². The van der Waals surface area contributed by atoms with E-state index < -0.39 is 20.0 Å². The van der Waals surface area contributed by atoms with Crippen LogP contribution in [0.1, 0.15) is 23.7 Å². The molecule has 0 fully saturated rings. The molecule has 0 aromatic heterocycles. The minimum atomic E-state index is -4.03. The molecule has 0 bridgehead atoms. The normalized spacial score (nSPS) is 16.9. The molecular formula is C18H20N2O5S2. The number of rotatable bonds is 7. The first-order chi connectivity index (χ1) is 12.7. The van der Waals surface area contributed by atoms with Crippen molar-refractivity contribution in [3.8, 4) is 0 Å². The van der Waals surface area contributed by atoms with Crippen molar-refractivity contribution in [2.75, 3.05) is 10.5 Å². The number of hydrogen-bond donors (Lipinski definition) is 2. The number of hydrogen-bond acceptors (Lipinski definition) is 5. The Bertz CT molecular complexity index is 1040. The van der Waals surface area contributed by atoms with Crippen molar-refractivity contribution < 1.29 is 21.6 Å². The van der Waals surface area contributed by atoms with E-state index in [1.54, 1.807) is 6.26 Å². The van der Waals surface area contributed by atoms with E-state index in [-0.39, 0.29) is 28.9 Å². The van der Waals surface area contributed by atoms with Gasteiger partial charge in [0.1, 0.15) is 11.0 Å².